The molecule has 9 rings (SSSR count). The molecular weight excluding hydrogens is 1200 g/mol. The van der Waals surface area contributed by atoms with E-state index in [1.165, 1.54) is 45.3 Å². The number of rotatable bonds is 20. The molecule has 87 heavy (non-hydrogen) atoms. The molecule has 4 aromatic heterocycles. The predicted molar refractivity (Wildman–Crippen MR) is 336 cm³/mol. The zero-order valence-corrected chi connectivity index (χ0v) is 50.6. The Morgan fingerprint density at radius 2 is 0.724 bits per heavy atom. The maximum absolute atomic E-state index is 12.8. The summed E-state index contributed by atoms with van der Waals surface area (Å²) in [5.74, 6) is -1.51. The number of aromatic hydroxyl groups is 2. The van der Waals surface area contributed by atoms with Gasteiger partial charge in [0, 0.05) is 84.8 Å². The number of aromatic nitrogens is 4. The summed E-state index contributed by atoms with van der Waals surface area (Å²) in [5.41, 5.74) is 59.1. The van der Waals surface area contributed by atoms with Crippen LogP contribution in [0, 0.1) is 13.8 Å². The number of hydrogen-bond donors (Lipinski definition) is 11. The molecule has 1 aliphatic carbocycles. The van der Waals surface area contributed by atoms with E-state index in [2.05, 4.69) is 54.2 Å². The van der Waals surface area contributed by atoms with Crippen LogP contribution in [0.3, 0.4) is 0 Å². The normalized spacial score (nSPS) is 11.9. The van der Waals surface area contributed by atoms with E-state index in [1.807, 2.05) is 59.6 Å². The monoisotopic (exact) mass is 1270 g/mol. The van der Waals surface area contributed by atoms with Crippen molar-refractivity contribution < 1.29 is 42.8 Å². The number of nitrogens with zero attached hydrogens (tertiary/aromatic N) is 8. The van der Waals surface area contributed by atoms with Gasteiger partial charge in [0.1, 0.15) is 36.2 Å². The van der Waals surface area contributed by atoms with Gasteiger partial charge in [-0.15, -0.1) is 45.3 Å². The Morgan fingerprint density at radius 1 is 0.471 bits per heavy atom. The molecule has 4 aromatic carbocycles. The number of aliphatic carboxylic acids is 1. The van der Waals surface area contributed by atoms with Crippen molar-refractivity contribution in [3.63, 3.8) is 0 Å². The lowest BCUT2D eigenvalue weighted by molar-refractivity contribution is -0.192. The lowest BCUT2D eigenvalue weighted by atomic mass is 9.87. The highest BCUT2D eigenvalue weighted by atomic mass is 32.1. The standard InChI is InChI=1S/C56H64N16O4S4.C2HF3O2/c1-29-25-77-49(69-29)51-71-43(27-79-51)23-75-47-39-15-33(5-9-67-55(61)62)16-40(47)20-36-12-32(4-8-66-54(59)60)14-38(46(36)74)22-42-18-34(6-10-68-56(63)64)17-41(21-37-13-31(3-7-65-53(57)58)11-35(19-39)45(37)73)48(42)76-24-44-28-80-52(72-44)50-70-30(2)26-78-50;3-2(4,5)1(6)7/h11-18,25-28,73-74H,3-10,19-24H2,1-2H3,(H4,57,58,65)(H4,59,60,66)(H4,61,62,67)(H4,63,64,68);(H,6,7). The van der Waals surface area contributed by atoms with Gasteiger partial charge in [0.2, 0.25) is 0 Å². The quantitative estimate of drug-likeness (QED) is 0.0282. The van der Waals surface area contributed by atoms with E-state index in [1.54, 1.807) is 0 Å². The topological polar surface area (TPSA) is 405 Å². The fourth-order valence-corrected chi connectivity index (χ4v) is 12.8. The number of carbonyl (C=O) groups is 1. The third-order valence-corrected chi connectivity index (χ3v) is 17.2. The molecule has 4 heterocycles. The van der Waals surface area contributed by atoms with E-state index < -0.39 is 12.1 Å². The predicted octanol–water partition coefficient (Wildman–Crippen LogP) is 6.61. The number of aliphatic imine (C=N–C) groups is 4. The number of aryl methyl sites for hydroxylation is 2. The summed E-state index contributed by atoms with van der Waals surface area (Å²) in [6, 6.07) is 16.2. The van der Waals surface area contributed by atoms with Crippen LogP contribution in [0.25, 0.3) is 20.0 Å². The van der Waals surface area contributed by atoms with Crippen LogP contribution in [0.15, 0.2) is 90.0 Å². The Balaban J connectivity index is 0.00000132. The number of nitrogens with two attached hydrogens (primary N) is 8. The molecule has 1 aliphatic rings. The summed E-state index contributed by atoms with van der Waals surface area (Å²) in [4.78, 5) is 45.4. The largest absolute Gasteiger partial charge is 0.507 e. The molecule has 0 atom stereocenters. The van der Waals surface area contributed by atoms with Crippen LogP contribution >= 0.6 is 45.3 Å². The fourth-order valence-electron chi connectivity index (χ4n) is 9.55. The first-order valence-corrected chi connectivity index (χ1v) is 30.4. The van der Waals surface area contributed by atoms with Gasteiger partial charge in [0.05, 0.1) is 11.4 Å². The molecule has 19 N–H and O–H groups in total. The number of hydrogen-bond acceptors (Lipinski definition) is 17. The Hall–Kier alpha value is -9.06. The summed E-state index contributed by atoms with van der Waals surface area (Å²) in [6.45, 7) is 5.41. The van der Waals surface area contributed by atoms with E-state index in [9.17, 15) is 23.4 Å². The number of alkyl halides is 3. The first-order chi connectivity index (χ1) is 41.4. The fraction of sp³-hybridized carbons (Fsp3) is 0.293. The van der Waals surface area contributed by atoms with Crippen LogP contribution < -0.4 is 55.3 Å². The zero-order valence-electron chi connectivity index (χ0n) is 47.4. The maximum Gasteiger partial charge on any atom is 0.490 e. The molecule has 0 amide bonds. The van der Waals surface area contributed by atoms with Crippen molar-refractivity contribution in [2.75, 3.05) is 26.2 Å². The highest BCUT2D eigenvalue weighted by Gasteiger charge is 2.38. The van der Waals surface area contributed by atoms with Gasteiger partial charge in [-0.3, -0.25) is 20.0 Å². The van der Waals surface area contributed by atoms with Gasteiger partial charge in [0.25, 0.3) is 0 Å². The number of thiazole rings is 4. The molecule has 0 aliphatic heterocycles. The first kappa shape index (κ1) is 63.9. The van der Waals surface area contributed by atoms with Crippen molar-refractivity contribution in [1.29, 1.82) is 0 Å². The number of halogens is 3. The van der Waals surface area contributed by atoms with Gasteiger partial charge in [-0.1, -0.05) is 48.5 Å². The van der Waals surface area contributed by atoms with E-state index in [0.29, 0.717) is 97.0 Å². The van der Waals surface area contributed by atoms with Crippen molar-refractivity contribution >= 4 is 75.2 Å². The smallest absolute Gasteiger partial charge is 0.490 e. The Kier molecular flexibility index (Phi) is 21.2. The third-order valence-electron chi connectivity index (χ3n) is 13.2. The molecule has 458 valence electrons. The Bertz CT molecular complexity index is 3540. The van der Waals surface area contributed by atoms with E-state index in [4.69, 9.17) is 75.2 Å². The second kappa shape index (κ2) is 28.9. The number of phenols is 2. The van der Waals surface area contributed by atoms with Crippen molar-refractivity contribution in [2.45, 2.75) is 84.6 Å². The number of phenolic OH excluding ortho intramolecular Hbond substituents is 2. The minimum absolute atomic E-state index is 0.0225. The average Bonchev–Trinajstić information content (AvgIpc) is 1.77. The van der Waals surface area contributed by atoms with Crippen LogP contribution in [0.1, 0.15) is 89.5 Å². The van der Waals surface area contributed by atoms with E-state index in [-0.39, 0.29) is 74.2 Å². The molecule has 0 radical (unpaired) electrons. The number of guanidine groups is 4. The van der Waals surface area contributed by atoms with Crippen LogP contribution in [-0.2, 0) is 69.4 Å². The van der Waals surface area contributed by atoms with Gasteiger partial charge in [-0.25, -0.2) is 24.7 Å². The molecule has 0 unspecified atom stereocenters. The van der Waals surface area contributed by atoms with Gasteiger partial charge >= 0.3 is 12.1 Å². The van der Waals surface area contributed by atoms with Crippen LogP contribution in [0.4, 0.5) is 13.2 Å². The number of fused-ring (bicyclic) bond motifs is 8. The summed E-state index contributed by atoms with van der Waals surface area (Å²) in [6.07, 6.45) is -2.31. The number of carboxylic acid groups (broad SMARTS) is 1. The molecule has 0 spiro atoms. The molecule has 0 fully saturated rings. The van der Waals surface area contributed by atoms with Crippen molar-refractivity contribution in [2.24, 2.45) is 65.8 Å². The molecule has 8 bridgehead atoms. The molecule has 0 saturated heterocycles. The lowest BCUT2D eigenvalue weighted by Crippen LogP contribution is -2.23. The summed E-state index contributed by atoms with van der Waals surface area (Å²) < 4.78 is 45.7. The van der Waals surface area contributed by atoms with E-state index in [0.717, 1.165) is 75.9 Å². The minimum atomic E-state index is -5.08. The van der Waals surface area contributed by atoms with Crippen molar-refractivity contribution in [1.82, 2.24) is 19.9 Å². The minimum Gasteiger partial charge on any atom is -0.507 e. The van der Waals surface area contributed by atoms with Crippen molar-refractivity contribution in [3.8, 4) is 43.0 Å². The number of benzene rings is 4. The molecule has 8 aromatic rings. The number of ether oxygens (including phenoxy) is 2. The second-order valence-corrected chi connectivity index (χ2v) is 23.6. The highest BCUT2D eigenvalue weighted by Crippen LogP contribution is 2.41. The molecular formula is C58H65F3N16O6S4. The SMILES string of the molecule is Cc1csc(-c2nc(COc3c4cc(CCN=C(N)N)cc3Cc3cc(CCN=C(N)N)cc(c3O)Cc3cc(CCN=C(N)N)cc(c3OCc3csc(-c5nc(C)cs5)n3)Cc3cc(CCN=C(N)N)cc(c3O)C4)cs2)n1.O=C(O)C(F)(F)F. The average molecular weight is 1270 g/mol. The van der Waals surface area contributed by atoms with E-state index >= 15 is 0 Å². The Morgan fingerprint density at radius 3 is 0.966 bits per heavy atom. The maximum atomic E-state index is 12.8. The number of carboxylic acids is 1. The van der Waals surface area contributed by atoms with Crippen LogP contribution in [0.5, 0.6) is 23.0 Å². The summed E-state index contributed by atoms with van der Waals surface area (Å²) in [7, 11) is 0. The van der Waals surface area contributed by atoms with Crippen LogP contribution in [0.2, 0.25) is 0 Å². The highest BCUT2D eigenvalue weighted by molar-refractivity contribution is 7.20. The molecule has 0 saturated carbocycles. The molecule has 22 nitrogen and oxygen atoms in total. The third kappa shape index (κ3) is 18.0. The zero-order chi connectivity index (χ0) is 62.5. The van der Waals surface area contributed by atoms with Gasteiger partial charge < -0.3 is 70.7 Å². The van der Waals surface area contributed by atoms with Gasteiger partial charge in [-0.05, 0) is 106 Å². The van der Waals surface area contributed by atoms with Gasteiger partial charge in [0.15, 0.2) is 43.9 Å². The summed E-state index contributed by atoms with van der Waals surface area (Å²) in [5, 5.41) is 43.9. The first-order valence-electron chi connectivity index (χ1n) is 26.9. The van der Waals surface area contributed by atoms with Crippen molar-refractivity contribution in [3.05, 3.63) is 160 Å². The lowest BCUT2D eigenvalue weighted by Gasteiger charge is -2.23. The van der Waals surface area contributed by atoms with Gasteiger partial charge in [-0.2, -0.15) is 13.2 Å². The second-order valence-electron chi connectivity index (χ2n) is 20.2. The van der Waals surface area contributed by atoms with Crippen LogP contribution in [-0.4, -0.2) is 97.4 Å². The Labute approximate surface area is 514 Å². The summed E-state index contributed by atoms with van der Waals surface area (Å²) >= 11 is 6.08. The molecule has 29 heteroatoms.